The van der Waals surface area contributed by atoms with Gasteiger partial charge in [-0.05, 0) is 77.8 Å². The van der Waals surface area contributed by atoms with E-state index in [1.807, 2.05) is 0 Å². The van der Waals surface area contributed by atoms with Crippen LogP contribution in [0.15, 0.2) is 0 Å². The van der Waals surface area contributed by atoms with Crippen molar-refractivity contribution in [1.29, 1.82) is 0 Å². The molecule has 0 aliphatic carbocycles. The van der Waals surface area contributed by atoms with Crippen LogP contribution in [0.3, 0.4) is 0 Å². The molecule has 0 bridgehead atoms. The van der Waals surface area contributed by atoms with Crippen molar-refractivity contribution in [3.8, 4) is 0 Å². The van der Waals surface area contributed by atoms with Gasteiger partial charge in [0.25, 0.3) is 0 Å². The number of hydrogen-bond donors (Lipinski definition) is 0. The van der Waals surface area contributed by atoms with Gasteiger partial charge in [-0.2, -0.15) is 0 Å². The van der Waals surface area contributed by atoms with Crippen LogP contribution in [0, 0.1) is 11.8 Å². The summed E-state index contributed by atoms with van der Waals surface area (Å²) in [5, 5.41) is 0. The largest absolute Gasteiger partial charge is 0.466 e. The van der Waals surface area contributed by atoms with Gasteiger partial charge in [-0.25, -0.2) is 0 Å². The first-order chi connectivity index (χ1) is 26.4. The molecule has 0 saturated carbocycles. The Morgan fingerprint density at radius 2 is 0.796 bits per heavy atom. The second kappa shape index (κ2) is 41.5. The fraction of sp³-hybridized carbons (Fsp3) is 0.959. The zero-order valence-electron chi connectivity index (χ0n) is 37.7. The molecule has 0 radical (unpaired) electrons. The molecule has 0 spiro atoms. The van der Waals surface area contributed by atoms with E-state index < -0.39 is 0 Å². The summed E-state index contributed by atoms with van der Waals surface area (Å²) in [6, 6.07) is 0.586. The minimum Gasteiger partial charge on any atom is -0.466 e. The van der Waals surface area contributed by atoms with Crippen molar-refractivity contribution in [1.82, 2.24) is 4.90 Å². The number of rotatable bonds is 43. The third kappa shape index (κ3) is 35.3. The molecular formula is C49H97NO4. The number of nitrogens with zero attached hydrogens (tertiary/aromatic N) is 1. The SMILES string of the molecule is CCCCCCCCC(CCCCCC)C(=O)OCCCCCCCN(CCCCCCCOC(=O)CCC(CCCCCC)CCCCCC)C(C)C. The monoisotopic (exact) mass is 764 g/mol. The number of unbranched alkanes of at least 4 members (excludes halogenated alkanes) is 22. The minimum atomic E-state index is 0.0221. The highest BCUT2D eigenvalue weighted by Crippen LogP contribution is 2.24. The molecule has 1 atom stereocenters. The van der Waals surface area contributed by atoms with Crippen LogP contribution in [0.25, 0.3) is 0 Å². The number of hydrogen-bond acceptors (Lipinski definition) is 5. The molecule has 0 aromatic heterocycles. The Labute approximate surface area is 339 Å². The third-order valence-electron chi connectivity index (χ3n) is 11.8. The Hall–Kier alpha value is -1.10. The van der Waals surface area contributed by atoms with E-state index >= 15 is 0 Å². The molecule has 322 valence electrons. The lowest BCUT2D eigenvalue weighted by molar-refractivity contribution is -0.149. The van der Waals surface area contributed by atoms with E-state index in [0.29, 0.717) is 31.6 Å². The van der Waals surface area contributed by atoms with Crippen molar-refractivity contribution in [3.05, 3.63) is 0 Å². The fourth-order valence-electron chi connectivity index (χ4n) is 7.91. The van der Waals surface area contributed by atoms with E-state index in [9.17, 15) is 9.59 Å². The van der Waals surface area contributed by atoms with Gasteiger partial charge < -0.3 is 14.4 Å². The van der Waals surface area contributed by atoms with Crippen LogP contribution in [-0.2, 0) is 19.1 Å². The molecule has 0 aliphatic heterocycles. The Balaban J connectivity index is 4.04. The van der Waals surface area contributed by atoms with Crippen LogP contribution in [0.4, 0.5) is 0 Å². The Kier molecular flexibility index (Phi) is 40.7. The van der Waals surface area contributed by atoms with Gasteiger partial charge in [0.2, 0.25) is 0 Å². The molecule has 54 heavy (non-hydrogen) atoms. The maximum Gasteiger partial charge on any atom is 0.308 e. The molecule has 0 rings (SSSR count). The highest BCUT2D eigenvalue weighted by atomic mass is 16.5. The maximum absolute atomic E-state index is 12.9. The van der Waals surface area contributed by atoms with Crippen molar-refractivity contribution in [2.75, 3.05) is 26.3 Å². The van der Waals surface area contributed by atoms with Crippen molar-refractivity contribution in [2.24, 2.45) is 11.8 Å². The predicted octanol–water partition coefficient (Wildman–Crippen LogP) is 15.4. The number of carbonyl (C=O) groups excluding carboxylic acids is 2. The van der Waals surface area contributed by atoms with E-state index in [1.54, 1.807) is 0 Å². The first-order valence-electron chi connectivity index (χ1n) is 24.5. The standard InChI is InChI=1S/C49H97NO4/c1-7-11-15-19-22-30-38-47(37-29-18-14-10-4)49(52)54-44-34-26-21-24-32-42-50(45(5)6)41-31-23-20-25-33-43-53-48(51)40-39-46(35-27-16-12-8-2)36-28-17-13-9-3/h45-47H,7-44H2,1-6H3. The summed E-state index contributed by atoms with van der Waals surface area (Å²) in [5.74, 6) is 0.907. The van der Waals surface area contributed by atoms with Crippen molar-refractivity contribution < 1.29 is 19.1 Å². The lowest BCUT2D eigenvalue weighted by Crippen LogP contribution is -2.32. The number of carbonyl (C=O) groups is 2. The first-order valence-corrected chi connectivity index (χ1v) is 24.5. The predicted molar refractivity (Wildman–Crippen MR) is 235 cm³/mol. The molecular weight excluding hydrogens is 667 g/mol. The summed E-state index contributed by atoms with van der Waals surface area (Å²) in [6.07, 6.45) is 41.1. The number of ether oxygens (including phenoxy) is 2. The summed E-state index contributed by atoms with van der Waals surface area (Å²) in [6.45, 7) is 17.3. The zero-order chi connectivity index (χ0) is 39.7. The van der Waals surface area contributed by atoms with E-state index in [0.717, 1.165) is 51.4 Å². The van der Waals surface area contributed by atoms with E-state index in [4.69, 9.17) is 9.47 Å². The van der Waals surface area contributed by atoms with E-state index in [2.05, 4.69) is 46.4 Å². The molecule has 1 unspecified atom stereocenters. The van der Waals surface area contributed by atoms with Gasteiger partial charge in [0.05, 0.1) is 19.1 Å². The van der Waals surface area contributed by atoms with Crippen molar-refractivity contribution in [3.63, 3.8) is 0 Å². The second-order valence-electron chi connectivity index (χ2n) is 17.3. The molecule has 0 fully saturated rings. The zero-order valence-corrected chi connectivity index (χ0v) is 37.7. The summed E-state index contributed by atoms with van der Waals surface area (Å²) < 4.78 is 11.4. The Morgan fingerprint density at radius 3 is 1.26 bits per heavy atom. The van der Waals surface area contributed by atoms with Crippen LogP contribution in [0.1, 0.15) is 260 Å². The molecule has 0 aliphatic rings. The van der Waals surface area contributed by atoms with Gasteiger partial charge in [-0.1, -0.05) is 195 Å². The first kappa shape index (κ1) is 52.9. The average molecular weight is 764 g/mol. The third-order valence-corrected chi connectivity index (χ3v) is 11.8. The molecule has 5 heteroatoms. The summed E-state index contributed by atoms with van der Waals surface area (Å²) >= 11 is 0. The summed E-state index contributed by atoms with van der Waals surface area (Å²) in [4.78, 5) is 28.0. The van der Waals surface area contributed by atoms with Crippen molar-refractivity contribution in [2.45, 2.75) is 266 Å². The average Bonchev–Trinajstić information content (AvgIpc) is 3.16. The van der Waals surface area contributed by atoms with Crippen LogP contribution < -0.4 is 0 Å². The number of esters is 2. The lowest BCUT2D eigenvalue weighted by atomic mass is 9.90. The molecule has 0 heterocycles. The Bertz CT molecular complexity index is 774. The van der Waals surface area contributed by atoms with Crippen LogP contribution in [0.5, 0.6) is 0 Å². The molecule has 0 N–H and O–H groups in total. The second-order valence-corrected chi connectivity index (χ2v) is 17.3. The Morgan fingerprint density at radius 1 is 0.426 bits per heavy atom. The molecule has 0 saturated heterocycles. The summed E-state index contributed by atoms with van der Waals surface area (Å²) in [7, 11) is 0. The minimum absolute atomic E-state index is 0.0221. The van der Waals surface area contributed by atoms with E-state index in [1.165, 1.54) is 174 Å². The highest BCUT2D eigenvalue weighted by Gasteiger charge is 2.19. The smallest absolute Gasteiger partial charge is 0.308 e. The van der Waals surface area contributed by atoms with Crippen LogP contribution >= 0.6 is 0 Å². The fourth-order valence-corrected chi connectivity index (χ4v) is 7.91. The van der Waals surface area contributed by atoms with Gasteiger partial charge in [0.1, 0.15) is 0 Å². The van der Waals surface area contributed by atoms with Crippen LogP contribution in [0.2, 0.25) is 0 Å². The maximum atomic E-state index is 12.9. The van der Waals surface area contributed by atoms with Crippen LogP contribution in [-0.4, -0.2) is 49.2 Å². The van der Waals surface area contributed by atoms with Gasteiger partial charge in [-0.3, -0.25) is 9.59 Å². The van der Waals surface area contributed by atoms with Crippen molar-refractivity contribution >= 4 is 11.9 Å². The lowest BCUT2D eigenvalue weighted by Gasteiger charge is -2.26. The topological polar surface area (TPSA) is 55.8 Å². The molecule has 0 aromatic rings. The van der Waals surface area contributed by atoms with E-state index in [-0.39, 0.29) is 17.9 Å². The van der Waals surface area contributed by atoms with Gasteiger partial charge in [0, 0.05) is 12.5 Å². The molecule has 0 amide bonds. The summed E-state index contributed by atoms with van der Waals surface area (Å²) in [5.41, 5.74) is 0. The van der Waals surface area contributed by atoms with Gasteiger partial charge in [-0.15, -0.1) is 0 Å². The quantitative estimate of drug-likeness (QED) is 0.0457. The van der Waals surface area contributed by atoms with Gasteiger partial charge in [0.15, 0.2) is 0 Å². The molecule has 0 aromatic carbocycles. The molecule has 5 nitrogen and oxygen atoms in total. The highest BCUT2D eigenvalue weighted by molar-refractivity contribution is 5.72. The normalized spacial score (nSPS) is 12.3. The van der Waals surface area contributed by atoms with Gasteiger partial charge >= 0.3 is 11.9 Å².